The Morgan fingerprint density at radius 2 is 1.95 bits per heavy atom. The van der Waals surface area contributed by atoms with Gasteiger partial charge in [-0.1, -0.05) is 20.8 Å². The van der Waals surface area contributed by atoms with E-state index in [1.807, 2.05) is 32.6 Å². The lowest BCUT2D eigenvalue weighted by molar-refractivity contribution is 0.0202. The summed E-state index contributed by atoms with van der Waals surface area (Å²) in [6.45, 7) is 8.39. The number of nitrogens with zero attached hydrogens (tertiary/aromatic N) is 5. The molecule has 4 heterocycles. The highest BCUT2D eigenvalue weighted by Gasteiger charge is 2.45. The van der Waals surface area contributed by atoms with E-state index in [2.05, 4.69) is 20.4 Å². The Kier molecular flexibility index (Phi) is 6.74. The van der Waals surface area contributed by atoms with E-state index >= 15 is 0 Å². The van der Waals surface area contributed by atoms with Crippen LogP contribution in [0.25, 0.3) is 5.69 Å². The monoisotopic (exact) mass is 508 g/mol. The van der Waals surface area contributed by atoms with Crippen LogP contribution in [0.3, 0.4) is 0 Å². The number of rotatable bonds is 6. The van der Waals surface area contributed by atoms with E-state index in [1.165, 1.54) is 12.4 Å². The molecular weight excluding hydrogens is 475 g/mol. The molecule has 0 saturated carbocycles. The van der Waals surface area contributed by atoms with E-state index in [1.54, 1.807) is 35.3 Å². The fraction of sp³-hybridized carbons (Fsp3) is 0.481. The predicted octanol–water partition coefficient (Wildman–Crippen LogP) is 5.41. The first-order valence-corrected chi connectivity index (χ1v) is 12.7. The lowest BCUT2D eigenvalue weighted by Gasteiger charge is -2.38. The quantitative estimate of drug-likeness (QED) is 0.476. The van der Waals surface area contributed by atoms with Crippen molar-refractivity contribution in [1.29, 1.82) is 0 Å². The van der Waals surface area contributed by atoms with Crippen LogP contribution in [0, 0.1) is 18.2 Å². The summed E-state index contributed by atoms with van der Waals surface area (Å²) in [6.07, 6.45) is 7.83. The van der Waals surface area contributed by atoms with E-state index in [-0.39, 0.29) is 29.7 Å². The van der Waals surface area contributed by atoms with Crippen LogP contribution >= 0.6 is 0 Å². The van der Waals surface area contributed by atoms with Crippen molar-refractivity contribution in [1.82, 2.24) is 24.6 Å². The van der Waals surface area contributed by atoms with Crippen molar-refractivity contribution in [3.63, 3.8) is 0 Å². The van der Waals surface area contributed by atoms with Crippen LogP contribution in [-0.4, -0.2) is 55.5 Å². The molecule has 0 aliphatic carbocycles. The average molecular weight is 509 g/mol. The average Bonchev–Trinajstić information content (AvgIpc) is 3.47. The van der Waals surface area contributed by atoms with Crippen molar-refractivity contribution in [2.24, 2.45) is 5.41 Å². The molecule has 0 radical (unpaired) electrons. The normalized spacial score (nSPS) is 21.1. The van der Waals surface area contributed by atoms with Crippen molar-refractivity contribution < 1.29 is 18.7 Å². The standard InChI is InChI=1S/C27H33FN6O3/c1-17-24(32-23-9-8-18(14-22(23)28)33-11-5-10-31-33)29-16-30-25(17)37-21-12-19-6-7-20(13-21)34(19)26(35)36-15-27(2,3)4/h5,8-11,14,16,19-21H,6-7,12-13,15H2,1-4H3,(H,29,30,32). The molecule has 37 heavy (non-hydrogen) atoms. The summed E-state index contributed by atoms with van der Waals surface area (Å²) in [5.41, 5.74) is 1.54. The number of aromatic nitrogens is 4. The van der Waals surface area contributed by atoms with Crippen LogP contribution < -0.4 is 10.1 Å². The second-order valence-corrected chi connectivity index (χ2v) is 11.0. The molecule has 0 spiro atoms. The van der Waals surface area contributed by atoms with Crippen molar-refractivity contribution >= 4 is 17.6 Å². The van der Waals surface area contributed by atoms with Crippen molar-refractivity contribution in [3.8, 4) is 11.6 Å². The number of carbonyl (C=O) groups is 1. The van der Waals surface area contributed by atoms with Gasteiger partial charge in [0.15, 0.2) is 0 Å². The molecule has 2 aliphatic heterocycles. The molecule has 2 aromatic heterocycles. The number of carbonyl (C=O) groups excluding carboxylic acids is 1. The molecule has 1 amide bonds. The van der Waals surface area contributed by atoms with Crippen molar-refractivity contribution in [2.75, 3.05) is 11.9 Å². The van der Waals surface area contributed by atoms with Gasteiger partial charge in [-0.3, -0.25) is 0 Å². The first-order chi connectivity index (χ1) is 17.7. The third-order valence-corrected chi connectivity index (χ3v) is 6.82. The van der Waals surface area contributed by atoms with Gasteiger partial charge in [0.05, 0.1) is 23.5 Å². The molecule has 2 atom stereocenters. The minimum atomic E-state index is -0.421. The molecule has 2 saturated heterocycles. The van der Waals surface area contributed by atoms with Crippen LogP contribution in [0.1, 0.15) is 52.0 Å². The Balaban J connectivity index is 1.24. The zero-order valence-electron chi connectivity index (χ0n) is 21.6. The maximum absolute atomic E-state index is 14.8. The van der Waals surface area contributed by atoms with Gasteiger partial charge in [-0.25, -0.2) is 23.8 Å². The van der Waals surface area contributed by atoms with Gasteiger partial charge in [0, 0.05) is 43.4 Å². The third kappa shape index (κ3) is 5.52. The fourth-order valence-electron chi connectivity index (χ4n) is 5.01. The highest BCUT2D eigenvalue weighted by Crippen LogP contribution is 2.38. The Labute approximate surface area is 216 Å². The first-order valence-electron chi connectivity index (χ1n) is 12.7. The molecule has 1 N–H and O–H groups in total. The predicted molar refractivity (Wildman–Crippen MR) is 137 cm³/mol. The molecule has 2 aliphatic rings. The van der Waals surface area contributed by atoms with E-state index in [0.29, 0.717) is 35.2 Å². The number of halogens is 1. The van der Waals surface area contributed by atoms with Gasteiger partial charge in [0.2, 0.25) is 5.88 Å². The molecule has 2 fully saturated rings. The highest BCUT2D eigenvalue weighted by molar-refractivity contribution is 5.69. The number of amides is 1. The van der Waals surface area contributed by atoms with E-state index < -0.39 is 5.82 Å². The van der Waals surface area contributed by atoms with Crippen LogP contribution in [0.15, 0.2) is 43.0 Å². The zero-order chi connectivity index (χ0) is 26.2. The van der Waals surface area contributed by atoms with Gasteiger partial charge in [0.1, 0.15) is 24.1 Å². The zero-order valence-corrected chi connectivity index (χ0v) is 21.6. The van der Waals surface area contributed by atoms with Gasteiger partial charge < -0.3 is 19.7 Å². The SMILES string of the molecule is Cc1c(Nc2ccc(-n3cccn3)cc2F)ncnc1OC1CC2CCC(C1)N2C(=O)OCC(C)(C)C. The molecule has 10 heteroatoms. The summed E-state index contributed by atoms with van der Waals surface area (Å²) in [6, 6.07) is 6.82. The van der Waals surface area contributed by atoms with Crippen LogP contribution in [0.5, 0.6) is 5.88 Å². The van der Waals surface area contributed by atoms with Gasteiger partial charge in [-0.2, -0.15) is 5.10 Å². The molecule has 2 bridgehead atoms. The van der Waals surface area contributed by atoms with E-state index in [0.717, 1.165) is 25.7 Å². The Morgan fingerprint density at radius 3 is 2.59 bits per heavy atom. The third-order valence-electron chi connectivity index (χ3n) is 6.82. The van der Waals surface area contributed by atoms with Crippen LogP contribution in [-0.2, 0) is 4.74 Å². The Bertz CT molecular complexity index is 1250. The Morgan fingerprint density at radius 1 is 1.19 bits per heavy atom. The lowest BCUT2D eigenvalue weighted by atomic mass is 9.98. The second-order valence-electron chi connectivity index (χ2n) is 11.0. The Hall–Kier alpha value is -3.69. The highest BCUT2D eigenvalue weighted by atomic mass is 19.1. The summed E-state index contributed by atoms with van der Waals surface area (Å²) in [5, 5.41) is 7.20. The van der Waals surface area contributed by atoms with Crippen molar-refractivity contribution in [3.05, 3.63) is 54.4 Å². The van der Waals surface area contributed by atoms with Crippen LogP contribution in [0.2, 0.25) is 0 Å². The minimum Gasteiger partial charge on any atom is -0.474 e. The maximum atomic E-state index is 14.8. The number of hydrogen-bond donors (Lipinski definition) is 1. The number of benzene rings is 1. The molecular formula is C27H33FN6O3. The molecule has 196 valence electrons. The molecule has 3 aromatic rings. The van der Waals surface area contributed by atoms with Gasteiger partial charge >= 0.3 is 6.09 Å². The molecule has 5 rings (SSSR count). The topological polar surface area (TPSA) is 94.4 Å². The summed E-state index contributed by atoms with van der Waals surface area (Å²) in [4.78, 5) is 23.3. The maximum Gasteiger partial charge on any atom is 0.410 e. The second kappa shape index (κ2) is 9.99. The fourth-order valence-corrected chi connectivity index (χ4v) is 5.01. The molecule has 9 nitrogen and oxygen atoms in total. The van der Waals surface area contributed by atoms with Gasteiger partial charge in [0.25, 0.3) is 0 Å². The van der Waals surface area contributed by atoms with Crippen molar-refractivity contribution in [2.45, 2.75) is 71.6 Å². The van der Waals surface area contributed by atoms with E-state index in [9.17, 15) is 9.18 Å². The van der Waals surface area contributed by atoms with Gasteiger partial charge in [-0.15, -0.1) is 0 Å². The number of hydrogen-bond acceptors (Lipinski definition) is 7. The number of fused-ring (bicyclic) bond motifs is 2. The summed E-state index contributed by atoms with van der Waals surface area (Å²) >= 11 is 0. The largest absolute Gasteiger partial charge is 0.474 e. The molecule has 2 unspecified atom stereocenters. The lowest BCUT2D eigenvalue weighted by Crippen LogP contribution is -2.49. The van der Waals surface area contributed by atoms with E-state index in [4.69, 9.17) is 9.47 Å². The first kappa shape index (κ1) is 25.0. The summed E-state index contributed by atoms with van der Waals surface area (Å²) in [7, 11) is 0. The minimum absolute atomic E-state index is 0.0723. The summed E-state index contributed by atoms with van der Waals surface area (Å²) in [5.74, 6) is 0.511. The number of piperidine rings is 1. The number of anilines is 2. The number of ether oxygens (including phenoxy) is 2. The smallest absolute Gasteiger partial charge is 0.410 e. The van der Waals surface area contributed by atoms with Gasteiger partial charge in [-0.05, 0) is 43.4 Å². The summed E-state index contributed by atoms with van der Waals surface area (Å²) < 4.78 is 28.3. The van der Waals surface area contributed by atoms with Crippen LogP contribution in [0.4, 0.5) is 20.7 Å². The number of nitrogens with one attached hydrogen (secondary N) is 1. The molecule has 1 aromatic carbocycles.